The summed E-state index contributed by atoms with van der Waals surface area (Å²) in [5.74, 6) is 1.25. The first-order valence-electron chi connectivity index (χ1n) is 32.8. The van der Waals surface area contributed by atoms with Crippen LogP contribution in [0.2, 0.25) is 0 Å². The van der Waals surface area contributed by atoms with Crippen molar-refractivity contribution in [2.24, 2.45) is 11.8 Å². The number of carbonyl (C=O) groups is 2. The molecule has 0 radical (unpaired) electrons. The Kier molecular flexibility index (Phi) is 20.0. The van der Waals surface area contributed by atoms with Gasteiger partial charge in [-0.2, -0.15) is 0 Å². The number of unbranched alkanes of at least 4 members (excludes halogenated alkanes) is 12. The lowest BCUT2D eigenvalue weighted by Gasteiger charge is -2.35. The van der Waals surface area contributed by atoms with E-state index in [-0.39, 0.29) is 11.8 Å². The molecule has 4 aliphatic heterocycles. The molecule has 450 valence electrons. The van der Waals surface area contributed by atoms with Crippen molar-refractivity contribution in [3.63, 3.8) is 0 Å². The van der Waals surface area contributed by atoms with Crippen molar-refractivity contribution in [3.05, 3.63) is 130 Å². The highest BCUT2D eigenvalue weighted by atomic mass is 32.2. The lowest BCUT2D eigenvalue weighted by molar-refractivity contribution is -0.124. The first kappa shape index (κ1) is 61.2. The lowest BCUT2D eigenvalue weighted by atomic mass is 9.98. The SMILES string of the molecule is CCCCCCCCN1C(=O)C2=C(c3csc4cc(-c5ccc6c(c5)Sc5ccccc5N6CC(CC)CCCC)sc34)N(CCCCCCCC)C(=O)C2=C1c1cc2sc(-c3ccc4c(c3)Sc3ccccc3N4CC(CC)CCCC)cc2s1. The quantitative estimate of drug-likeness (QED) is 0.0418. The number of nitrogens with zero attached hydrogens (tertiary/aromatic N) is 4. The number of fused-ring (bicyclic) bond motifs is 7. The smallest absolute Gasteiger partial charge is 0.261 e. The molecular formula is C74H86N4O2S6. The number of amides is 2. The maximum atomic E-state index is 15.7. The minimum atomic E-state index is -0.0136. The fourth-order valence-electron chi connectivity index (χ4n) is 13.4. The highest BCUT2D eigenvalue weighted by Gasteiger charge is 2.49. The summed E-state index contributed by atoms with van der Waals surface area (Å²) in [6, 6.07) is 39.1. The number of anilines is 4. The summed E-state index contributed by atoms with van der Waals surface area (Å²) in [5.41, 5.74) is 11.6. The van der Waals surface area contributed by atoms with Gasteiger partial charge in [0.25, 0.3) is 11.8 Å². The van der Waals surface area contributed by atoms with Gasteiger partial charge in [-0.15, -0.1) is 45.3 Å². The molecule has 4 aromatic heterocycles. The van der Waals surface area contributed by atoms with E-state index < -0.39 is 0 Å². The summed E-state index contributed by atoms with van der Waals surface area (Å²) in [7, 11) is 0. The molecule has 0 aliphatic carbocycles. The van der Waals surface area contributed by atoms with Crippen LogP contribution in [0.4, 0.5) is 22.7 Å². The van der Waals surface area contributed by atoms with Crippen molar-refractivity contribution < 1.29 is 9.59 Å². The number of para-hydroxylation sites is 2. The van der Waals surface area contributed by atoms with E-state index in [1.165, 1.54) is 167 Å². The second kappa shape index (κ2) is 28.2. The van der Waals surface area contributed by atoms with Crippen LogP contribution in [0.3, 0.4) is 0 Å². The van der Waals surface area contributed by atoms with E-state index in [2.05, 4.69) is 160 Å². The molecule has 0 saturated carbocycles. The number of rotatable bonds is 30. The Bertz CT molecular complexity index is 3750. The third kappa shape index (κ3) is 12.5. The standard InChI is InChI=1S/C74H86N4O2S6/c1-7-13-17-19-21-27-39-75-70(53-48-81-67-44-61(86-72(53)67)52-36-38-57-63(42-52)83-59-34-26-24-32-55(59)78(57)47-50(12-6)30-16-10-4)68-69(74(75)80)71(76(73(68)79)40-28-22-20-18-14-8-2)66-45-65-64(85-66)43-60(84-65)51-35-37-56-62(41-51)82-58-33-25-23-31-54(58)77(56)46-49(11-5)29-15-9-3/h23-26,31-38,41-45,48-50H,7-22,27-30,39-40,46-47H2,1-6H3. The Morgan fingerprint density at radius 1 is 0.407 bits per heavy atom. The molecule has 0 N–H and O–H groups in total. The van der Waals surface area contributed by atoms with Crippen LogP contribution in [0.1, 0.15) is 180 Å². The highest BCUT2D eigenvalue weighted by molar-refractivity contribution is 8.00. The van der Waals surface area contributed by atoms with E-state index in [0.717, 1.165) is 78.1 Å². The molecule has 4 aromatic carbocycles. The maximum absolute atomic E-state index is 15.7. The summed E-state index contributed by atoms with van der Waals surface area (Å²) in [6.07, 6.45) is 23.4. The van der Waals surface area contributed by atoms with Gasteiger partial charge >= 0.3 is 0 Å². The van der Waals surface area contributed by atoms with Gasteiger partial charge in [0, 0.05) is 80.6 Å². The van der Waals surface area contributed by atoms with Crippen LogP contribution in [0, 0.1) is 11.8 Å². The zero-order chi connectivity index (χ0) is 59.3. The summed E-state index contributed by atoms with van der Waals surface area (Å²) in [4.78, 5) is 49.4. The zero-order valence-corrected chi connectivity index (χ0v) is 56.5. The van der Waals surface area contributed by atoms with Crippen LogP contribution in [-0.4, -0.2) is 47.8 Å². The average molecular weight is 1260 g/mol. The van der Waals surface area contributed by atoms with Crippen molar-refractivity contribution in [2.45, 2.75) is 190 Å². The molecule has 0 bridgehead atoms. The second-order valence-electron chi connectivity index (χ2n) is 24.4. The number of thiophene rings is 4. The van der Waals surface area contributed by atoms with Crippen molar-refractivity contribution in [1.29, 1.82) is 0 Å². The normalized spacial score (nSPS) is 15.4. The van der Waals surface area contributed by atoms with E-state index in [9.17, 15) is 0 Å². The number of hydrogen-bond donors (Lipinski definition) is 0. The number of carbonyl (C=O) groups excluding carboxylic acids is 2. The van der Waals surface area contributed by atoms with Crippen LogP contribution < -0.4 is 9.80 Å². The molecule has 0 saturated heterocycles. The summed E-state index contributed by atoms with van der Waals surface area (Å²) in [5, 5.41) is 2.25. The van der Waals surface area contributed by atoms with Gasteiger partial charge in [0.2, 0.25) is 0 Å². The molecule has 12 rings (SSSR count). The van der Waals surface area contributed by atoms with Gasteiger partial charge < -0.3 is 19.6 Å². The first-order valence-corrected chi connectivity index (χ1v) is 37.7. The molecule has 6 nitrogen and oxygen atoms in total. The van der Waals surface area contributed by atoms with Gasteiger partial charge in [-0.05, 0) is 115 Å². The Balaban J connectivity index is 0.903. The van der Waals surface area contributed by atoms with Gasteiger partial charge in [0.1, 0.15) is 0 Å². The Morgan fingerprint density at radius 2 is 0.849 bits per heavy atom. The van der Waals surface area contributed by atoms with Gasteiger partial charge in [-0.3, -0.25) is 9.59 Å². The fourth-order valence-corrected chi connectivity index (χ4v) is 20.5. The summed E-state index contributed by atoms with van der Waals surface area (Å²) < 4.78 is 4.77. The predicted molar refractivity (Wildman–Crippen MR) is 376 cm³/mol. The topological polar surface area (TPSA) is 47.1 Å². The van der Waals surface area contributed by atoms with Crippen LogP contribution in [0.5, 0.6) is 0 Å². The molecule has 2 atom stereocenters. The van der Waals surface area contributed by atoms with Crippen LogP contribution in [0.25, 0.3) is 51.1 Å². The molecule has 2 unspecified atom stereocenters. The van der Waals surface area contributed by atoms with Crippen molar-refractivity contribution in [2.75, 3.05) is 36.0 Å². The highest BCUT2D eigenvalue weighted by Crippen LogP contribution is 2.56. The monoisotopic (exact) mass is 1250 g/mol. The third-order valence-electron chi connectivity index (χ3n) is 18.4. The zero-order valence-electron chi connectivity index (χ0n) is 51.6. The Hall–Kier alpha value is -5.08. The Labute approximate surface area is 537 Å². The number of hydrogen-bond acceptors (Lipinski definition) is 10. The van der Waals surface area contributed by atoms with Gasteiger partial charge in [-0.1, -0.05) is 204 Å². The second-order valence-corrected chi connectivity index (χ2v) is 30.7. The minimum absolute atomic E-state index is 0.0136. The van der Waals surface area contributed by atoms with Crippen LogP contribution in [0.15, 0.2) is 139 Å². The Morgan fingerprint density at radius 3 is 1.38 bits per heavy atom. The molecule has 12 heteroatoms. The average Bonchev–Trinajstić information content (AvgIpc) is 1.57. The molecule has 4 aliphatic rings. The largest absolute Gasteiger partial charge is 0.339 e. The van der Waals surface area contributed by atoms with Crippen LogP contribution in [-0.2, 0) is 9.59 Å². The molecule has 0 fully saturated rings. The summed E-state index contributed by atoms with van der Waals surface area (Å²) in [6.45, 7) is 17.1. The van der Waals surface area contributed by atoms with Crippen molar-refractivity contribution >= 4 is 134 Å². The van der Waals surface area contributed by atoms with E-state index in [1.54, 1.807) is 22.7 Å². The molecule has 0 spiro atoms. The molecule has 8 aromatic rings. The minimum Gasteiger partial charge on any atom is -0.339 e. The van der Waals surface area contributed by atoms with Crippen LogP contribution >= 0.6 is 68.9 Å². The fraction of sp³-hybridized carbons (Fsp3) is 0.432. The maximum Gasteiger partial charge on any atom is 0.261 e. The summed E-state index contributed by atoms with van der Waals surface area (Å²) >= 11 is 10.9. The van der Waals surface area contributed by atoms with E-state index >= 15 is 9.59 Å². The molecule has 86 heavy (non-hydrogen) atoms. The first-order chi connectivity index (χ1) is 42.2. The third-order valence-corrected chi connectivity index (χ3v) is 25.2. The van der Waals surface area contributed by atoms with E-state index in [4.69, 9.17) is 0 Å². The molecule has 2 amide bonds. The van der Waals surface area contributed by atoms with Crippen molar-refractivity contribution in [3.8, 4) is 20.9 Å². The van der Waals surface area contributed by atoms with E-state index in [0.29, 0.717) is 36.1 Å². The van der Waals surface area contributed by atoms with Gasteiger partial charge in [0.05, 0.1) is 54.9 Å². The van der Waals surface area contributed by atoms with Gasteiger partial charge in [-0.25, -0.2) is 0 Å². The lowest BCUT2D eigenvalue weighted by Crippen LogP contribution is -2.30. The number of benzene rings is 4. The van der Waals surface area contributed by atoms with E-state index in [1.807, 2.05) is 56.0 Å². The molecular weight excluding hydrogens is 1170 g/mol. The van der Waals surface area contributed by atoms with Gasteiger partial charge in [0.15, 0.2) is 0 Å². The van der Waals surface area contributed by atoms with Crippen molar-refractivity contribution in [1.82, 2.24) is 9.80 Å². The molecule has 8 heterocycles. The predicted octanol–water partition coefficient (Wildman–Crippen LogP) is 23.7.